The number of aliphatic hydroxyl groups excluding tert-OH is 1. The molecule has 2 fully saturated rings. The van der Waals surface area contributed by atoms with E-state index < -0.39 is 11.7 Å². The van der Waals surface area contributed by atoms with Gasteiger partial charge in [-0.05, 0) is 47.0 Å². The maximum Gasteiger partial charge on any atom is 0.0909 e. The van der Waals surface area contributed by atoms with Gasteiger partial charge in [0.05, 0.1) is 22.9 Å². The fraction of sp³-hybridized carbons (Fsp3) is 1.00. The van der Waals surface area contributed by atoms with Crippen molar-refractivity contribution in [2.75, 3.05) is 0 Å². The van der Waals surface area contributed by atoms with Crippen LogP contribution in [0.4, 0.5) is 0 Å². The molecule has 2 unspecified atom stereocenters. The zero-order chi connectivity index (χ0) is 13.6. The summed E-state index contributed by atoms with van der Waals surface area (Å²) in [6.45, 7) is 8.18. The molecule has 1 saturated carbocycles. The minimum Gasteiger partial charge on any atom is -0.390 e. The van der Waals surface area contributed by atoms with E-state index in [1.165, 1.54) is 6.42 Å². The molecule has 1 heterocycles. The molecule has 2 atom stereocenters. The second kappa shape index (κ2) is 4.46. The molecule has 0 aromatic carbocycles. The maximum atomic E-state index is 10.7. The Hall–Kier alpha value is -0.120. The largest absolute Gasteiger partial charge is 0.390 e. The highest BCUT2D eigenvalue weighted by molar-refractivity contribution is 5.03. The van der Waals surface area contributed by atoms with Gasteiger partial charge in [0.1, 0.15) is 0 Å². The predicted octanol–water partition coefficient (Wildman–Crippen LogP) is 2.64. The van der Waals surface area contributed by atoms with Crippen molar-refractivity contribution in [1.82, 2.24) is 0 Å². The summed E-state index contributed by atoms with van der Waals surface area (Å²) in [5, 5.41) is 21.4. The molecule has 2 rings (SSSR count). The van der Waals surface area contributed by atoms with E-state index >= 15 is 0 Å². The Labute approximate surface area is 111 Å². The summed E-state index contributed by atoms with van der Waals surface area (Å²) < 4.78 is 6.03. The van der Waals surface area contributed by atoms with Crippen molar-refractivity contribution in [3.63, 3.8) is 0 Å². The molecule has 3 nitrogen and oxygen atoms in total. The van der Waals surface area contributed by atoms with Crippen LogP contribution in [-0.4, -0.2) is 33.1 Å². The molecule has 106 valence electrons. The predicted molar refractivity (Wildman–Crippen MR) is 71.4 cm³/mol. The van der Waals surface area contributed by atoms with E-state index in [-0.39, 0.29) is 17.1 Å². The first kappa shape index (κ1) is 14.3. The summed E-state index contributed by atoms with van der Waals surface area (Å²) in [6.07, 6.45) is 4.79. The Balaban J connectivity index is 2.15. The average molecular weight is 256 g/mol. The summed E-state index contributed by atoms with van der Waals surface area (Å²) in [5.74, 6) is 0.00981. The normalized spacial score (nSPS) is 35.3. The summed E-state index contributed by atoms with van der Waals surface area (Å²) in [4.78, 5) is 0. The second-order valence-electron chi connectivity index (χ2n) is 7.38. The first-order valence-corrected chi connectivity index (χ1v) is 7.27. The molecule has 2 aliphatic rings. The van der Waals surface area contributed by atoms with Gasteiger partial charge in [-0.25, -0.2) is 0 Å². The summed E-state index contributed by atoms with van der Waals surface area (Å²) >= 11 is 0. The molecule has 3 heteroatoms. The van der Waals surface area contributed by atoms with Gasteiger partial charge in [-0.15, -0.1) is 0 Å². The topological polar surface area (TPSA) is 49.7 Å². The lowest BCUT2D eigenvalue weighted by Gasteiger charge is -2.42. The van der Waals surface area contributed by atoms with E-state index in [0.717, 1.165) is 32.1 Å². The first-order chi connectivity index (χ1) is 8.16. The summed E-state index contributed by atoms with van der Waals surface area (Å²) in [7, 11) is 0. The quantitative estimate of drug-likeness (QED) is 0.798. The molecule has 0 aromatic heterocycles. The van der Waals surface area contributed by atoms with Crippen LogP contribution in [-0.2, 0) is 4.74 Å². The first-order valence-electron chi connectivity index (χ1n) is 7.27. The van der Waals surface area contributed by atoms with Crippen molar-refractivity contribution >= 4 is 0 Å². The lowest BCUT2D eigenvalue weighted by molar-refractivity contribution is -0.149. The lowest BCUT2D eigenvalue weighted by Crippen LogP contribution is -2.52. The van der Waals surface area contributed by atoms with E-state index in [4.69, 9.17) is 4.74 Å². The van der Waals surface area contributed by atoms with E-state index in [2.05, 4.69) is 13.8 Å². The molecule has 1 aliphatic heterocycles. The monoisotopic (exact) mass is 256 g/mol. The van der Waals surface area contributed by atoms with Crippen LogP contribution < -0.4 is 0 Å². The molecule has 1 aliphatic carbocycles. The molecule has 0 spiro atoms. The van der Waals surface area contributed by atoms with Crippen LogP contribution in [0.25, 0.3) is 0 Å². The van der Waals surface area contributed by atoms with Gasteiger partial charge >= 0.3 is 0 Å². The lowest BCUT2D eigenvalue weighted by atomic mass is 9.71. The van der Waals surface area contributed by atoms with Crippen molar-refractivity contribution < 1.29 is 14.9 Å². The van der Waals surface area contributed by atoms with E-state index in [9.17, 15) is 10.2 Å². The Kier molecular flexibility index (Phi) is 3.54. The summed E-state index contributed by atoms with van der Waals surface area (Å²) in [5.41, 5.74) is -1.47. The molecule has 18 heavy (non-hydrogen) atoms. The van der Waals surface area contributed by atoms with Crippen LogP contribution in [0.2, 0.25) is 0 Å². The molecule has 2 N–H and O–H groups in total. The molecule has 0 radical (unpaired) electrons. The minimum absolute atomic E-state index is 0.00981. The standard InChI is InChI=1S/C15H28O3/c1-13(2)10-11(14(3,4)18-13)12(16)15(17)8-6-5-7-9-15/h11-12,16-17H,5-10H2,1-4H3. The van der Waals surface area contributed by atoms with Gasteiger partial charge in [-0.1, -0.05) is 19.3 Å². The van der Waals surface area contributed by atoms with Gasteiger partial charge < -0.3 is 14.9 Å². The Bertz CT molecular complexity index is 303. The minimum atomic E-state index is -0.899. The van der Waals surface area contributed by atoms with Crippen LogP contribution >= 0.6 is 0 Å². The Morgan fingerprint density at radius 3 is 2.06 bits per heavy atom. The molecule has 0 aromatic rings. The van der Waals surface area contributed by atoms with Gasteiger partial charge in [0.25, 0.3) is 0 Å². The van der Waals surface area contributed by atoms with Crippen LogP contribution in [0, 0.1) is 5.92 Å². The number of aliphatic hydroxyl groups is 2. The number of ether oxygens (including phenoxy) is 1. The number of hydrogen-bond acceptors (Lipinski definition) is 3. The van der Waals surface area contributed by atoms with Crippen LogP contribution in [0.3, 0.4) is 0 Å². The van der Waals surface area contributed by atoms with E-state index in [0.29, 0.717) is 0 Å². The third-order valence-corrected chi connectivity index (χ3v) is 4.79. The second-order valence-corrected chi connectivity index (χ2v) is 7.38. The Morgan fingerprint density at radius 1 is 1.06 bits per heavy atom. The van der Waals surface area contributed by atoms with Crippen molar-refractivity contribution in [2.24, 2.45) is 5.92 Å². The highest BCUT2D eigenvalue weighted by Crippen LogP contribution is 2.47. The molecular formula is C15H28O3. The van der Waals surface area contributed by atoms with Gasteiger partial charge in [0.15, 0.2) is 0 Å². The van der Waals surface area contributed by atoms with Crippen LogP contribution in [0.15, 0.2) is 0 Å². The molecular weight excluding hydrogens is 228 g/mol. The fourth-order valence-corrected chi connectivity index (χ4v) is 3.93. The molecule has 1 saturated heterocycles. The van der Waals surface area contributed by atoms with Crippen LogP contribution in [0.1, 0.15) is 66.2 Å². The smallest absolute Gasteiger partial charge is 0.0909 e. The maximum absolute atomic E-state index is 10.7. The fourth-order valence-electron chi connectivity index (χ4n) is 3.93. The number of hydrogen-bond donors (Lipinski definition) is 2. The zero-order valence-corrected chi connectivity index (χ0v) is 12.2. The highest BCUT2D eigenvalue weighted by atomic mass is 16.5. The number of rotatable bonds is 2. The third-order valence-electron chi connectivity index (χ3n) is 4.79. The van der Waals surface area contributed by atoms with E-state index in [1.807, 2.05) is 13.8 Å². The van der Waals surface area contributed by atoms with E-state index in [1.54, 1.807) is 0 Å². The summed E-state index contributed by atoms with van der Waals surface area (Å²) in [6, 6.07) is 0. The SMILES string of the molecule is CC1(C)CC(C(O)C2(O)CCCCC2)C(C)(C)O1. The molecule has 0 bridgehead atoms. The van der Waals surface area contributed by atoms with Crippen molar-refractivity contribution in [1.29, 1.82) is 0 Å². The van der Waals surface area contributed by atoms with Gasteiger partial charge in [-0.2, -0.15) is 0 Å². The van der Waals surface area contributed by atoms with Gasteiger partial charge in [0.2, 0.25) is 0 Å². The third kappa shape index (κ3) is 2.59. The van der Waals surface area contributed by atoms with Crippen molar-refractivity contribution in [3.05, 3.63) is 0 Å². The van der Waals surface area contributed by atoms with Gasteiger partial charge in [-0.3, -0.25) is 0 Å². The van der Waals surface area contributed by atoms with Gasteiger partial charge in [0, 0.05) is 5.92 Å². The average Bonchev–Trinajstić information content (AvgIpc) is 2.46. The Morgan fingerprint density at radius 2 is 1.61 bits per heavy atom. The van der Waals surface area contributed by atoms with Crippen LogP contribution in [0.5, 0.6) is 0 Å². The molecule has 0 amide bonds. The zero-order valence-electron chi connectivity index (χ0n) is 12.2. The highest BCUT2D eigenvalue weighted by Gasteiger charge is 2.53. The van der Waals surface area contributed by atoms with Crippen molar-refractivity contribution in [2.45, 2.75) is 89.1 Å². The van der Waals surface area contributed by atoms with Crippen molar-refractivity contribution in [3.8, 4) is 0 Å².